The highest BCUT2D eigenvalue weighted by molar-refractivity contribution is 5.60. The summed E-state index contributed by atoms with van der Waals surface area (Å²) in [6.45, 7) is 0. The fraction of sp³-hybridized carbons (Fsp3) is 0.0667. The lowest BCUT2D eigenvalue weighted by Crippen LogP contribution is -1.94. The predicted octanol–water partition coefficient (Wildman–Crippen LogP) is 3.00. The first kappa shape index (κ1) is 13.1. The van der Waals surface area contributed by atoms with Crippen molar-refractivity contribution >= 4 is 5.69 Å². The molecule has 106 valence electrons. The number of halogens is 1. The van der Waals surface area contributed by atoms with Crippen molar-refractivity contribution in [2.45, 2.75) is 0 Å². The molecule has 2 heterocycles. The molecule has 1 aromatic carbocycles. The highest BCUT2D eigenvalue weighted by atomic mass is 19.1. The molecular weight excluding hydrogens is 271 g/mol. The summed E-state index contributed by atoms with van der Waals surface area (Å²) in [5.41, 5.74) is 7.02. The fourth-order valence-electron chi connectivity index (χ4n) is 1.91. The average molecular weight is 284 g/mol. The molecule has 0 aliphatic heterocycles. The summed E-state index contributed by atoms with van der Waals surface area (Å²) in [6.07, 6.45) is 4.74. The number of nitrogens with two attached hydrogens (primary N) is 1. The van der Waals surface area contributed by atoms with Crippen LogP contribution in [0.5, 0.6) is 11.5 Å². The Bertz CT molecular complexity index is 768. The van der Waals surface area contributed by atoms with Gasteiger partial charge in [0, 0.05) is 36.8 Å². The van der Waals surface area contributed by atoms with E-state index in [1.807, 2.05) is 0 Å². The van der Waals surface area contributed by atoms with Crippen LogP contribution in [0.1, 0.15) is 0 Å². The summed E-state index contributed by atoms with van der Waals surface area (Å²) < 4.78 is 21.6. The third-order valence-corrected chi connectivity index (χ3v) is 2.94. The molecule has 3 aromatic rings. The lowest BCUT2D eigenvalue weighted by Gasteiger charge is -2.08. The Labute approximate surface area is 120 Å². The lowest BCUT2D eigenvalue weighted by atomic mass is 10.2. The van der Waals surface area contributed by atoms with E-state index in [-0.39, 0.29) is 11.4 Å². The molecule has 0 radical (unpaired) electrons. The molecule has 0 bridgehead atoms. The van der Waals surface area contributed by atoms with Gasteiger partial charge in [-0.15, -0.1) is 0 Å². The summed E-state index contributed by atoms with van der Waals surface area (Å²) in [5, 5.41) is 4.01. The smallest absolute Gasteiger partial charge is 0.192 e. The molecule has 0 fully saturated rings. The van der Waals surface area contributed by atoms with Gasteiger partial charge in [-0.1, -0.05) is 0 Å². The quantitative estimate of drug-likeness (QED) is 0.751. The minimum absolute atomic E-state index is 0.105. The van der Waals surface area contributed by atoms with Gasteiger partial charge in [0.05, 0.1) is 6.20 Å². The van der Waals surface area contributed by atoms with Crippen LogP contribution in [0.2, 0.25) is 0 Å². The van der Waals surface area contributed by atoms with Gasteiger partial charge >= 0.3 is 0 Å². The zero-order chi connectivity index (χ0) is 14.8. The van der Waals surface area contributed by atoms with Crippen molar-refractivity contribution in [2.24, 2.45) is 7.05 Å². The first-order valence-corrected chi connectivity index (χ1v) is 6.30. The van der Waals surface area contributed by atoms with E-state index < -0.39 is 5.82 Å². The van der Waals surface area contributed by atoms with Gasteiger partial charge in [0.15, 0.2) is 11.6 Å². The highest BCUT2D eigenvalue weighted by Crippen LogP contribution is 2.30. The highest BCUT2D eigenvalue weighted by Gasteiger charge is 2.14. The van der Waals surface area contributed by atoms with Crippen LogP contribution in [-0.2, 0) is 7.05 Å². The second-order valence-electron chi connectivity index (χ2n) is 4.55. The Morgan fingerprint density at radius 3 is 2.62 bits per heavy atom. The summed E-state index contributed by atoms with van der Waals surface area (Å²) in [7, 11) is 1.76. The van der Waals surface area contributed by atoms with Crippen LogP contribution in [0.25, 0.3) is 11.3 Å². The minimum Gasteiger partial charge on any atom is -0.454 e. The monoisotopic (exact) mass is 284 g/mol. The number of aryl methyl sites for hydroxylation is 1. The molecule has 0 amide bonds. The number of hydrogen-bond donors (Lipinski definition) is 1. The van der Waals surface area contributed by atoms with Gasteiger partial charge in [0.2, 0.25) is 0 Å². The van der Waals surface area contributed by atoms with E-state index in [1.165, 1.54) is 12.3 Å². The molecule has 0 aliphatic carbocycles. The average Bonchev–Trinajstić information content (AvgIpc) is 2.90. The van der Waals surface area contributed by atoms with Crippen LogP contribution >= 0.6 is 0 Å². The molecule has 6 heteroatoms. The number of anilines is 1. The van der Waals surface area contributed by atoms with Crippen molar-refractivity contribution in [3.63, 3.8) is 0 Å². The van der Waals surface area contributed by atoms with Gasteiger partial charge in [0.1, 0.15) is 11.4 Å². The maximum Gasteiger partial charge on any atom is 0.192 e. The van der Waals surface area contributed by atoms with Crippen LogP contribution in [0.3, 0.4) is 0 Å². The Hall–Kier alpha value is -2.89. The normalized spacial score (nSPS) is 10.6. The molecule has 0 saturated carbocycles. The van der Waals surface area contributed by atoms with Crippen molar-refractivity contribution in [1.82, 2.24) is 14.8 Å². The van der Waals surface area contributed by atoms with Crippen LogP contribution in [0.4, 0.5) is 10.1 Å². The van der Waals surface area contributed by atoms with Gasteiger partial charge < -0.3 is 10.5 Å². The molecule has 3 rings (SSSR count). The summed E-state index contributed by atoms with van der Waals surface area (Å²) in [5.74, 6) is 0.0855. The van der Waals surface area contributed by atoms with Crippen molar-refractivity contribution in [3.05, 3.63) is 54.7 Å². The van der Waals surface area contributed by atoms with E-state index in [4.69, 9.17) is 10.5 Å². The predicted molar refractivity (Wildman–Crippen MR) is 77.3 cm³/mol. The van der Waals surface area contributed by atoms with E-state index in [0.717, 1.165) is 0 Å². The van der Waals surface area contributed by atoms with Crippen molar-refractivity contribution in [2.75, 3.05) is 5.73 Å². The third kappa shape index (κ3) is 2.69. The molecule has 5 nitrogen and oxygen atoms in total. The number of ether oxygens (including phenoxy) is 1. The summed E-state index contributed by atoms with van der Waals surface area (Å²) in [4.78, 5) is 4.05. The fourth-order valence-corrected chi connectivity index (χ4v) is 1.91. The maximum atomic E-state index is 14.5. The largest absolute Gasteiger partial charge is 0.454 e. The third-order valence-electron chi connectivity index (χ3n) is 2.94. The molecule has 0 atom stereocenters. The summed E-state index contributed by atoms with van der Waals surface area (Å²) in [6, 6.07) is 8.22. The molecule has 2 N–H and O–H groups in total. The second-order valence-corrected chi connectivity index (χ2v) is 4.55. The van der Waals surface area contributed by atoms with Gasteiger partial charge in [-0.2, -0.15) is 5.10 Å². The molecule has 0 aliphatic rings. The Kier molecular flexibility index (Phi) is 3.27. The van der Waals surface area contributed by atoms with Crippen LogP contribution < -0.4 is 10.5 Å². The molecule has 0 spiro atoms. The van der Waals surface area contributed by atoms with E-state index in [0.29, 0.717) is 17.0 Å². The number of benzene rings is 1. The molecule has 2 aromatic heterocycles. The Morgan fingerprint density at radius 2 is 1.95 bits per heavy atom. The zero-order valence-electron chi connectivity index (χ0n) is 11.3. The minimum atomic E-state index is -0.526. The van der Waals surface area contributed by atoms with Crippen LogP contribution in [0.15, 0.2) is 48.9 Å². The lowest BCUT2D eigenvalue weighted by molar-refractivity contribution is 0.441. The summed E-state index contributed by atoms with van der Waals surface area (Å²) >= 11 is 0. The van der Waals surface area contributed by atoms with E-state index in [9.17, 15) is 4.39 Å². The number of nitrogens with zero attached hydrogens (tertiary/aromatic N) is 3. The number of nitrogen functional groups attached to an aromatic ring is 1. The standard InChI is InChI=1S/C15H13FN4O/c1-20-9-10(8-19-20)15-14(16)13(6-7-18-15)21-12-4-2-11(17)3-5-12/h2-9H,17H2,1H3. The Morgan fingerprint density at radius 1 is 1.19 bits per heavy atom. The first-order chi connectivity index (χ1) is 10.1. The van der Waals surface area contributed by atoms with E-state index >= 15 is 0 Å². The number of hydrogen-bond acceptors (Lipinski definition) is 4. The Balaban J connectivity index is 1.95. The van der Waals surface area contributed by atoms with Crippen molar-refractivity contribution in [3.8, 4) is 22.8 Å². The molecular formula is C15H13FN4O. The van der Waals surface area contributed by atoms with Crippen LogP contribution in [-0.4, -0.2) is 14.8 Å². The second kappa shape index (κ2) is 5.24. The van der Waals surface area contributed by atoms with Gasteiger partial charge in [-0.3, -0.25) is 9.67 Å². The topological polar surface area (TPSA) is 66.0 Å². The molecule has 21 heavy (non-hydrogen) atoms. The van der Waals surface area contributed by atoms with E-state index in [1.54, 1.807) is 48.4 Å². The van der Waals surface area contributed by atoms with Gasteiger partial charge in [0.25, 0.3) is 0 Å². The van der Waals surface area contributed by atoms with Gasteiger partial charge in [-0.25, -0.2) is 4.39 Å². The zero-order valence-corrected chi connectivity index (χ0v) is 11.3. The maximum absolute atomic E-state index is 14.5. The van der Waals surface area contributed by atoms with Crippen LogP contribution in [0, 0.1) is 5.82 Å². The van der Waals surface area contributed by atoms with Crippen molar-refractivity contribution in [1.29, 1.82) is 0 Å². The SMILES string of the molecule is Cn1cc(-c2nccc(Oc3ccc(N)cc3)c2F)cn1. The van der Waals surface area contributed by atoms with Gasteiger partial charge in [-0.05, 0) is 24.3 Å². The number of aromatic nitrogens is 3. The first-order valence-electron chi connectivity index (χ1n) is 6.30. The molecule has 0 unspecified atom stereocenters. The number of rotatable bonds is 3. The van der Waals surface area contributed by atoms with Crippen molar-refractivity contribution < 1.29 is 9.13 Å². The molecule has 0 saturated heterocycles. The van der Waals surface area contributed by atoms with E-state index in [2.05, 4.69) is 10.1 Å². The number of pyridine rings is 1.